The number of likely N-dealkylation sites (N-methyl/N-ethyl adjacent to an activating group) is 1. The Hall–Kier alpha value is -4.01. The van der Waals surface area contributed by atoms with Crippen LogP contribution in [0.2, 0.25) is 0 Å². The van der Waals surface area contributed by atoms with E-state index in [1.54, 1.807) is 21.1 Å². The highest BCUT2D eigenvalue weighted by Gasteiger charge is 2.25. The van der Waals surface area contributed by atoms with Crippen LogP contribution in [0.15, 0.2) is 109 Å². The number of carboxylic acids is 1. The van der Waals surface area contributed by atoms with Gasteiger partial charge in [0.15, 0.2) is 6.10 Å². The summed E-state index contributed by atoms with van der Waals surface area (Å²) < 4.78 is 17.0. The zero-order valence-electron chi connectivity index (χ0n) is 34.8. The molecule has 308 valence electrons. The normalized spacial score (nSPS) is 14.1. The summed E-state index contributed by atoms with van der Waals surface area (Å²) in [6.45, 7) is 4.27. The van der Waals surface area contributed by atoms with Crippen molar-refractivity contribution in [2.45, 2.75) is 129 Å². The zero-order chi connectivity index (χ0) is 40.7. The Balaban J connectivity index is 4.53. The number of unbranched alkanes of at least 4 members (excludes halogenated alkanes) is 2. The highest BCUT2D eigenvalue weighted by atomic mass is 16.6. The van der Waals surface area contributed by atoms with Crippen molar-refractivity contribution in [2.24, 2.45) is 0 Å². The van der Waals surface area contributed by atoms with E-state index >= 15 is 0 Å². The van der Waals surface area contributed by atoms with Crippen LogP contribution in [-0.4, -0.2) is 75.5 Å². The molecule has 0 aromatic carbocycles. The summed E-state index contributed by atoms with van der Waals surface area (Å²) in [5.41, 5.74) is 0. The number of hydrogen-bond donors (Lipinski definition) is 0. The molecule has 0 fully saturated rings. The van der Waals surface area contributed by atoms with Gasteiger partial charge in [-0.15, -0.1) is 0 Å². The molecule has 0 amide bonds. The van der Waals surface area contributed by atoms with Crippen LogP contribution in [0.25, 0.3) is 0 Å². The predicted octanol–water partition coefficient (Wildman–Crippen LogP) is 9.57. The van der Waals surface area contributed by atoms with E-state index in [4.69, 9.17) is 14.2 Å². The first-order valence-corrected chi connectivity index (χ1v) is 20.4. The van der Waals surface area contributed by atoms with Crippen LogP contribution in [0, 0.1) is 0 Å². The Morgan fingerprint density at radius 2 is 0.927 bits per heavy atom. The van der Waals surface area contributed by atoms with E-state index in [9.17, 15) is 19.5 Å². The van der Waals surface area contributed by atoms with Crippen LogP contribution in [0.1, 0.15) is 117 Å². The largest absolute Gasteiger partial charge is 0.544 e. The van der Waals surface area contributed by atoms with Gasteiger partial charge in [0.05, 0.1) is 40.3 Å². The van der Waals surface area contributed by atoms with Crippen LogP contribution in [-0.2, 0) is 28.6 Å². The molecule has 2 unspecified atom stereocenters. The monoisotopic (exact) mass is 764 g/mol. The summed E-state index contributed by atoms with van der Waals surface area (Å²) in [6.07, 6.45) is 50.0. The molecule has 8 heteroatoms. The maximum Gasteiger partial charge on any atom is 0.306 e. The number of rotatable bonds is 34. The van der Waals surface area contributed by atoms with Crippen molar-refractivity contribution in [1.82, 2.24) is 0 Å². The third-order valence-electron chi connectivity index (χ3n) is 8.15. The number of aliphatic carboxylic acids is 1. The molecule has 8 nitrogen and oxygen atoms in total. The summed E-state index contributed by atoms with van der Waals surface area (Å²) in [7, 11) is 5.35. The number of carbonyl (C=O) groups excluding carboxylic acids is 3. The average Bonchev–Trinajstić information content (AvgIpc) is 3.14. The smallest absolute Gasteiger partial charge is 0.306 e. The Morgan fingerprint density at radius 1 is 0.545 bits per heavy atom. The Bertz CT molecular complexity index is 1260. The molecule has 0 saturated heterocycles. The van der Waals surface area contributed by atoms with E-state index in [1.807, 2.05) is 0 Å². The molecule has 0 bridgehead atoms. The van der Waals surface area contributed by atoms with Gasteiger partial charge in [0.2, 0.25) is 0 Å². The lowest BCUT2D eigenvalue weighted by molar-refractivity contribution is -0.889. The Labute approximate surface area is 334 Å². The second-order valence-electron chi connectivity index (χ2n) is 14.1. The van der Waals surface area contributed by atoms with Crippen molar-refractivity contribution in [3.05, 3.63) is 109 Å². The van der Waals surface area contributed by atoms with Crippen molar-refractivity contribution in [1.29, 1.82) is 0 Å². The molecule has 0 aromatic heterocycles. The van der Waals surface area contributed by atoms with Gasteiger partial charge < -0.3 is 28.6 Å². The van der Waals surface area contributed by atoms with Crippen LogP contribution in [0.4, 0.5) is 0 Å². The highest BCUT2D eigenvalue weighted by molar-refractivity contribution is 5.70. The molecule has 0 radical (unpaired) electrons. The Kier molecular flexibility index (Phi) is 34.2. The molecule has 2 atom stereocenters. The van der Waals surface area contributed by atoms with E-state index in [-0.39, 0.29) is 49.5 Å². The summed E-state index contributed by atoms with van der Waals surface area (Å²) >= 11 is 0. The minimum Gasteiger partial charge on any atom is -0.544 e. The quantitative estimate of drug-likeness (QED) is 0.0279. The zero-order valence-corrected chi connectivity index (χ0v) is 34.8. The minimum absolute atomic E-state index is 0.00580. The number of quaternary nitrogens is 1. The van der Waals surface area contributed by atoms with Crippen molar-refractivity contribution in [3.63, 3.8) is 0 Å². The number of carboxylic acid groups (broad SMARTS) is 1. The molecular weight excluding hydrogens is 691 g/mol. The second-order valence-corrected chi connectivity index (χ2v) is 14.1. The van der Waals surface area contributed by atoms with Crippen LogP contribution in [0.5, 0.6) is 0 Å². The molecule has 0 heterocycles. The maximum atomic E-state index is 12.6. The van der Waals surface area contributed by atoms with E-state index < -0.39 is 24.1 Å². The molecule has 55 heavy (non-hydrogen) atoms. The third-order valence-corrected chi connectivity index (χ3v) is 8.15. The average molecular weight is 764 g/mol. The fourth-order valence-electron chi connectivity index (χ4n) is 5.04. The van der Waals surface area contributed by atoms with Gasteiger partial charge in [-0.05, 0) is 83.5 Å². The predicted molar refractivity (Wildman–Crippen MR) is 226 cm³/mol. The van der Waals surface area contributed by atoms with Crippen molar-refractivity contribution >= 4 is 17.9 Å². The standard InChI is InChI=1S/C47H73NO7/c1-6-8-10-12-14-16-18-19-20-21-22-23-24-25-26-28-29-31-33-35-37-45(49)54-42-43(41-53-40-39-44(47(51)52)48(3,4)5)55-46(50)38-36-34-32-30-27-17-15-13-11-9-7-2/h8-11,14-17,19-20,22-23,25-26,29-32,43-44H,6-7,12-13,18,21,24,27-28,33-42H2,1-5H3/b10-8+,11-9+,16-14+,17-15+,20-19+,23-22+,26-25+,31-29+,32-30+. The molecule has 0 N–H and O–H groups in total. The SMILES string of the molecule is CC/C=C/C/C=C/C/C=C/C/C=C/C/C=C/C/C=C/CCCC(=O)OCC(COCCC(C(=O)[O-])[N+](C)(C)C)OC(=O)CCC/C=C/C/C=C/C/C=C/CC. The number of ether oxygens (including phenoxy) is 3. The van der Waals surface area contributed by atoms with Gasteiger partial charge in [0, 0.05) is 19.3 Å². The first-order chi connectivity index (χ1) is 26.6. The summed E-state index contributed by atoms with van der Waals surface area (Å²) in [4.78, 5) is 36.7. The van der Waals surface area contributed by atoms with Gasteiger partial charge >= 0.3 is 11.9 Å². The van der Waals surface area contributed by atoms with Gasteiger partial charge in [0.25, 0.3) is 0 Å². The number of carbonyl (C=O) groups is 3. The minimum atomic E-state index is -1.15. The molecule has 0 aliphatic heterocycles. The molecule has 0 rings (SSSR count). The van der Waals surface area contributed by atoms with Gasteiger partial charge in [-0.3, -0.25) is 9.59 Å². The van der Waals surface area contributed by atoms with Crippen LogP contribution < -0.4 is 5.11 Å². The molecule has 0 aliphatic carbocycles. The Morgan fingerprint density at radius 3 is 1.31 bits per heavy atom. The molecule has 0 aliphatic rings. The number of nitrogens with zero attached hydrogens (tertiary/aromatic N) is 1. The summed E-state index contributed by atoms with van der Waals surface area (Å²) in [5.74, 6) is -1.90. The lowest BCUT2D eigenvalue weighted by atomic mass is 10.1. The highest BCUT2D eigenvalue weighted by Crippen LogP contribution is 2.10. The summed E-state index contributed by atoms with van der Waals surface area (Å²) in [5, 5.41) is 11.6. The van der Waals surface area contributed by atoms with E-state index in [1.165, 1.54) is 0 Å². The van der Waals surface area contributed by atoms with E-state index in [0.717, 1.165) is 70.6 Å². The number of allylic oxidation sites excluding steroid dienone is 18. The number of esters is 2. The first kappa shape index (κ1) is 51.0. The van der Waals surface area contributed by atoms with Crippen molar-refractivity contribution in [2.75, 3.05) is 41.0 Å². The maximum absolute atomic E-state index is 12.6. The van der Waals surface area contributed by atoms with Crippen molar-refractivity contribution < 1.29 is 38.2 Å². The van der Waals surface area contributed by atoms with Gasteiger partial charge in [-0.1, -0.05) is 123 Å². The molecule has 0 spiro atoms. The van der Waals surface area contributed by atoms with Gasteiger partial charge in [-0.2, -0.15) is 0 Å². The summed E-state index contributed by atoms with van der Waals surface area (Å²) in [6, 6.07) is -0.749. The topological polar surface area (TPSA) is 102 Å². The van der Waals surface area contributed by atoms with Gasteiger partial charge in [0.1, 0.15) is 12.6 Å². The molecule has 0 aromatic rings. The fraction of sp³-hybridized carbons (Fsp3) is 0.553. The van der Waals surface area contributed by atoms with Crippen LogP contribution in [0.3, 0.4) is 0 Å². The van der Waals surface area contributed by atoms with Crippen molar-refractivity contribution in [3.8, 4) is 0 Å². The second kappa shape index (κ2) is 36.9. The lowest BCUT2D eigenvalue weighted by Gasteiger charge is -2.34. The molecular formula is C47H73NO7. The van der Waals surface area contributed by atoms with Gasteiger partial charge in [-0.25, -0.2) is 0 Å². The lowest BCUT2D eigenvalue weighted by Crippen LogP contribution is -2.55. The van der Waals surface area contributed by atoms with E-state index in [0.29, 0.717) is 12.8 Å². The molecule has 0 saturated carbocycles. The van der Waals surface area contributed by atoms with E-state index in [2.05, 4.69) is 123 Å². The fourth-order valence-corrected chi connectivity index (χ4v) is 5.04. The number of hydrogen-bond acceptors (Lipinski definition) is 7. The first-order valence-electron chi connectivity index (χ1n) is 20.4. The third kappa shape index (κ3) is 35.4. The van der Waals surface area contributed by atoms with Crippen LogP contribution >= 0.6 is 0 Å².